The maximum atomic E-state index is 14.3. The lowest BCUT2D eigenvalue weighted by Gasteiger charge is -2.31. The number of halogens is 1. The molecule has 0 aliphatic carbocycles. The van der Waals surface area contributed by atoms with Gasteiger partial charge in [0.1, 0.15) is 11.9 Å². The number of anilines is 1. The molecule has 0 saturated carbocycles. The lowest BCUT2D eigenvalue weighted by atomic mass is 10.1. The van der Waals surface area contributed by atoms with Crippen LogP contribution in [0.25, 0.3) is 0 Å². The summed E-state index contributed by atoms with van der Waals surface area (Å²) in [5.41, 5.74) is 1.91. The van der Waals surface area contributed by atoms with E-state index in [0.29, 0.717) is 13.0 Å². The fourth-order valence-electron chi connectivity index (χ4n) is 4.07. The Morgan fingerprint density at radius 3 is 2.39 bits per heavy atom. The molecule has 0 aliphatic heterocycles. The van der Waals surface area contributed by atoms with Crippen LogP contribution in [0.2, 0.25) is 0 Å². The van der Waals surface area contributed by atoms with Crippen molar-refractivity contribution >= 4 is 27.5 Å². The third-order valence-electron chi connectivity index (χ3n) is 5.92. The highest BCUT2D eigenvalue weighted by Crippen LogP contribution is 2.22. The Labute approximate surface area is 214 Å². The minimum absolute atomic E-state index is 0.0189. The average molecular weight is 520 g/mol. The Morgan fingerprint density at radius 2 is 1.78 bits per heavy atom. The molecule has 7 nitrogen and oxygen atoms in total. The lowest BCUT2D eigenvalue weighted by molar-refractivity contribution is -0.141. The SMILES string of the molecule is CCCCNC(=O)C(CC)N(Cc1cccc(C)c1)C(=O)CCCN(c1ccccc1F)S(C)(=O)=O. The summed E-state index contributed by atoms with van der Waals surface area (Å²) in [5.74, 6) is -1.10. The molecule has 2 aromatic carbocycles. The third-order valence-corrected chi connectivity index (χ3v) is 7.10. The summed E-state index contributed by atoms with van der Waals surface area (Å²) < 4.78 is 40.0. The van der Waals surface area contributed by atoms with E-state index < -0.39 is 21.9 Å². The molecule has 0 fully saturated rings. The summed E-state index contributed by atoms with van der Waals surface area (Å²) in [4.78, 5) is 27.9. The van der Waals surface area contributed by atoms with Crippen molar-refractivity contribution in [2.24, 2.45) is 0 Å². The third kappa shape index (κ3) is 8.62. The summed E-state index contributed by atoms with van der Waals surface area (Å²) in [7, 11) is -3.75. The number of rotatable bonds is 14. The number of amides is 2. The second-order valence-electron chi connectivity index (χ2n) is 8.97. The summed E-state index contributed by atoms with van der Waals surface area (Å²) in [6.45, 7) is 6.63. The van der Waals surface area contributed by atoms with E-state index in [1.165, 1.54) is 18.2 Å². The molecule has 198 valence electrons. The van der Waals surface area contributed by atoms with Crippen molar-refractivity contribution in [1.29, 1.82) is 0 Å². The second-order valence-corrected chi connectivity index (χ2v) is 10.9. The van der Waals surface area contributed by atoms with Gasteiger partial charge in [-0.3, -0.25) is 13.9 Å². The van der Waals surface area contributed by atoms with Crippen molar-refractivity contribution in [2.75, 3.05) is 23.7 Å². The quantitative estimate of drug-likeness (QED) is 0.375. The summed E-state index contributed by atoms with van der Waals surface area (Å²) >= 11 is 0. The van der Waals surface area contributed by atoms with Crippen molar-refractivity contribution in [1.82, 2.24) is 10.2 Å². The molecule has 0 saturated heterocycles. The number of nitrogens with zero attached hydrogens (tertiary/aromatic N) is 2. The van der Waals surface area contributed by atoms with Crippen LogP contribution in [0.1, 0.15) is 57.1 Å². The topological polar surface area (TPSA) is 86.8 Å². The lowest BCUT2D eigenvalue weighted by Crippen LogP contribution is -2.49. The molecular formula is C27H38FN3O4S. The van der Waals surface area contributed by atoms with Gasteiger partial charge < -0.3 is 10.2 Å². The van der Waals surface area contributed by atoms with Crippen LogP contribution >= 0.6 is 0 Å². The van der Waals surface area contributed by atoms with E-state index in [2.05, 4.69) is 5.32 Å². The highest BCUT2D eigenvalue weighted by molar-refractivity contribution is 7.92. The Hall–Kier alpha value is -2.94. The maximum Gasteiger partial charge on any atom is 0.242 e. The monoisotopic (exact) mass is 519 g/mol. The first-order chi connectivity index (χ1) is 17.1. The minimum Gasteiger partial charge on any atom is -0.354 e. The van der Waals surface area contributed by atoms with Crippen molar-refractivity contribution in [3.8, 4) is 0 Å². The van der Waals surface area contributed by atoms with Crippen molar-refractivity contribution in [3.63, 3.8) is 0 Å². The Balaban J connectivity index is 2.21. The fraction of sp³-hybridized carbons (Fsp3) is 0.481. The predicted molar refractivity (Wildman–Crippen MR) is 142 cm³/mol. The largest absolute Gasteiger partial charge is 0.354 e. The first-order valence-corrected chi connectivity index (χ1v) is 14.3. The van der Waals surface area contributed by atoms with Crippen LogP contribution in [0.5, 0.6) is 0 Å². The number of hydrogen-bond donors (Lipinski definition) is 1. The molecule has 0 radical (unpaired) electrons. The molecule has 1 unspecified atom stereocenters. The standard InChI is InChI=1S/C27H38FN3O4S/c1-5-7-17-29-27(33)24(6-2)30(20-22-13-10-12-21(3)19-22)26(32)16-11-18-31(36(4,34)35)25-15-9-8-14-23(25)28/h8-10,12-15,19,24H,5-7,11,16-18,20H2,1-4H3,(H,29,33). The predicted octanol–water partition coefficient (Wildman–Crippen LogP) is 4.40. The van der Waals surface area contributed by atoms with Gasteiger partial charge in [-0.1, -0.05) is 62.2 Å². The van der Waals surface area contributed by atoms with Crippen molar-refractivity contribution in [3.05, 3.63) is 65.5 Å². The number of hydrogen-bond acceptors (Lipinski definition) is 4. The van der Waals surface area contributed by atoms with Gasteiger partial charge in [0, 0.05) is 26.1 Å². The molecule has 1 atom stereocenters. The molecule has 0 bridgehead atoms. The summed E-state index contributed by atoms with van der Waals surface area (Å²) in [5, 5.41) is 2.93. The van der Waals surface area contributed by atoms with Gasteiger partial charge in [0.2, 0.25) is 21.8 Å². The molecule has 2 aromatic rings. The van der Waals surface area contributed by atoms with Crippen LogP contribution in [0, 0.1) is 12.7 Å². The average Bonchev–Trinajstić information content (AvgIpc) is 2.81. The van der Waals surface area contributed by atoms with Gasteiger partial charge in [0.05, 0.1) is 11.9 Å². The van der Waals surface area contributed by atoms with Gasteiger partial charge >= 0.3 is 0 Å². The zero-order valence-corrected chi connectivity index (χ0v) is 22.5. The van der Waals surface area contributed by atoms with Gasteiger partial charge in [-0.25, -0.2) is 12.8 Å². The van der Waals surface area contributed by atoms with Crippen LogP contribution in [0.15, 0.2) is 48.5 Å². The first-order valence-electron chi connectivity index (χ1n) is 12.4. The zero-order chi connectivity index (χ0) is 26.7. The van der Waals surface area contributed by atoms with Gasteiger partial charge in [0.15, 0.2) is 0 Å². The molecule has 0 spiro atoms. The molecule has 36 heavy (non-hydrogen) atoms. The smallest absolute Gasteiger partial charge is 0.242 e. The van der Waals surface area contributed by atoms with E-state index in [-0.39, 0.29) is 43.4 Å². The number of benzene rings is 2. The van der Waals surface area contributed by atoms with E-state index in [1.54, 1.807) is 11.0 Å². The van der Waals surface area contributed by atoms with Crippen LogP contribution in [0.4, 0.5) is 10.1 Å². The van der Waals surface area contributed by atoms with E-state index in [4.69, 9.17) is 0 Å². The first kappa shape index (κ1) is 29.3. The van der Waals surface area contributed by atoms with E-state index in [0.717, 1.165) is 34.5 Å². The number of aryl methyl sites for hydroxylation is 1. The molecule has 0 aromatic heterocycles. The fourth-order valence-corrected chi connectivity index (χ4v) is 5.04. The zero-order valence-electron chi connectivity index (χ0n) is 21.7. The summed E-state index contributed by atoms with van der Waals surface area (Å²) in [6.07, 6.45) is 3.45. The Bertz CT molecular complexity index is 1120. The van der Waals surface area contributed by atoms with Crippen LogP contribution < -0.4 is 9.62 Å². The normalized spacial score (nSPS) is 12.1. The van der Waals surface area contributed by atoms with Crippen molar-refractivity contribution in [2.45, 2.75) is 65.5 Å². The highest BCUT2D eigenvalue weighted by atomic mass is 32.2. The van der Waals surface area contributed by atoms with Crippen LogP contribution in [0.3, 0.4) is 0 Å². The molecule has 2 rings (SSSR count). The van der Waals surface area contributed by atoms with E-state index in [1.807, 2.05) is 45.0 Å². The molecule has 0 heterocycles. The van der Waals surface area contributed by atoms with Gasteiger partial charge in [-0.15, -0.1) is 0 Å². The Morgan fingerprint density at radius 1 is 1.06 bits per heavy atom. The minimum atomic E-state index is -3.75. The van der Waals surface area contributed by atoms with Crippen LogP contribution in [-0.4, -0.2) is 50.5 Å². The number of carbonyl (C=O) groups excluding carboxylic acids is 2. The molecule has 0 aliphatic rings. The summed E-state index contributed by atoms with van der Waals surface area (Å²) in [6, 6.07) is 12.8. The molecule has 9 heteroatoms. The van der Waals surface area contributed by atoms with Crippen molar-refractivity contribution < 1.29 is 22.4 Å². The Kier molecular flexibility index (Phi) is 11.4. The number of nitrogens with one attached hydrogen (secondary N) is 1. The van der Waals surface area contributed by atoms with Crippen LogP contribution in [-0.2, 0) is 26.2 Å². The molecular weight excluding hydrogens is 481 g/mol. The number of sulfonamides is 1. The number of para-hydroxylation sites is 1. The van der Waals surface area contributed by atoms with Gasteiger partial charge in [-0.2, -0.15) is 0 Å². The highest BCUT2D eigenvalue weighted by Gasteiger charge is 2.29. The molecule has 1 N–H and O–H groups in total. The second kappa shape index (κ2) is 14.0. The molecule has 2 amide bonds. The van der Waals surface area contributed by atoms with Gasteiger partial charge in [-0.05, 0) is 43.9 Å². The number of carbonyl (C=O) groups is 2. The maximum absolute atomic E-state index is 14.3. The van der Waals surface area contributed by atoms with Gasteiger partial charge in [0.25, 0.3) is 0 Å². The van der Waals surface area contributed by atoms with E-state index in [9.17, 15) is 22.4 Å². The van der Waals surface area contributed by atoms with E-state index >= 15 is 0 Å². The number of unbranched alkanes of at least 4 members (excludes halogenated alkanes) is 1.